The summed E-state index contributed by atoms with van der Waals surface area (Å²) >= 11 is 1.34. The number of aromatic nitrogens is 1. The fraction of sp³-hybridized carbons (Fsp3) is 0.600. The zero-order valence-corrected chi connectivity index (χ0v) is 9.17. The molecule has 1 aliphatic carbocycles. The molecule has 1 saturated carbocycles. The molecular weight excluding hydrogens is 212 g/mol. The molecule has 1 aromatic heterocycles. The average Bonchev–Trinajstić information content (AvgIpc) is 2.84. The van der Waals surface area contributed by atoms with Gasteiger partial charge in [-0.15, -0.1) is 11.3 Å². The van der Waals surface area contributed by atoms with Gasteiger partial charge < -0.3 is 10.4 Å². The van der Waals surface area contributed by atoms with Gasteiger partial charge in [-0.3, -0.25) is 9.78 Å². The number of aliphatic hydroxyl groups excluding tert-OH is 1. The summed E-state index contributed by atoms with van der Waals surface area (Å²) < 4.78 is 0. The Bertz CT molecular complexity index is 326. The van der Waals surface area contributed by atoms with E-state index in [9.17, 15) is 9.90 Å². The number of hydrogen-bond donors (Lipinski definition) is 2. The summed E-state index contributed by atoms with van der Waals surface area (Å²) in [6.07, 6.45) is 4.08. The van der Waals surface area contributed by atoms with Crippen LogP contribution in [0.2, 0.25) is 0 Å². The van der Waals surface area contributed by atoms with Gasteiger partial charge in [0, 0.05) is 6.54 Å². The molecule has 1 amide bonds. The van der Waals surface area contributed by atoms with Crippen molar-refractivity contribution < 1.29 is 9.90 Å². The van der Waals surface area contributed by atoms with Crippen molar-refractivity contribution in [1.82, 2.24) is 10.3 Å². The monoisotopic (exact) mass is 226 g/mol. The number of hydrogen-bond acceptors (Lipinski definition) is 4. The minimum Gasteiger partial charge on any atom is -0.393 e. The highest BCUT2D eigenvalue weighted by molar-refractivity contribution is 7.11. The van der Waals surface area contributed by atoms with Crippen LogP contribution < -0.4 is 5.32 Å². The summed E-state index contributed by atoms with van der Waals surface area (Å²) in [5.74, 6) is 0.371. The molecular formula is C10H14N2O2S. The number of aliphatic hydroxyl groups is 1. The van der Waals surface area contributed by atoms with Crippen molar-refractivity contribution in [2.45, 2.75) is 25.4 Å². The highest BCUT2D eigenvalue weighted by atomic mass is 32.1. The van der Waals surface area contributed by atoms with Crippen LogP contribution in [-0.2, 0) is 0 Å². The first-order valence-corrected chi connectivity index (χ1v) is 5.98. The van der Waals surface area contributed by atoms with Crippen LogP contribution in [0.5, 0.6) is 0 Å². The van der Waals surface area contributed by atoms with Crippen LogP contribution in [-0.4, -0.2) is 28.6 Å². The molecule has 1 aliphatic rings. The van der Waals surface area contributed by atoms with E-state index in [4.69, 9.17) is 0 Å². The molecule has 0 aromatic carbocycles. The van der Waals surface area contributed by atoms with E-state index in [-0.39, 0.29) is 12.0 Å². The first-order chi connectivity index (χ1) is 7.25. The maximum atomic E-state index is 11.5. The maximum Gasteiger partial charge on any atom is 0.263 e. The summed E-state index contributed by atoms with van der Waals surface area (Å²) in [6, 6.07) is 0. The SMILES string of the molecule is O=C(NCC1CCC(O)C1)c1cncs1. The molecule has 4 nitrogen and oxygen atoms in total. The normalized spacial score (nSPS) is 25.4. The first kappa shape index (κ1) is 10.6. The molecule has 1 fully saturated rings. The molecule has 1 aromatic rings. The van der Waals surface area contributed by atoms with Gasteiger partial charge in [0.1, 0.15) is 4.88 Å². The molecule has 0 radical (unpaired) electrons. The summed E-state index contributed by atoms with van der Waals surface area (Å²) in [5.41, 5.74) is 1.65. The molecule has 0 bridgehead atoms. The van der Waals surface area contributed by atoms with Crippen LogP contribution in [0.15, 0.2) is 11.7 Å². The van der Waals surface area contributed by atoms with Crippen LogP contribution in [0.25, 0.3) is 0 Å². The Hall–Kier alpha value is -0.940. The molecule has 5 heteroatoms. The van der Waals surface area contributed by atoms with Crippen LogP contribution in [0.3, 0.4) is 0 Å². The van der Waals surface area contributed by atoms with E-state index in [1.165, 1.54) is 11.3 Å². The lowest BCUT2D eigenvalue weighted by Crippen LogP contribution is -2.28. The van der Waals surface area contributed by atoms with Gasteiger partial charge in [0.15, 0.2) is 0 Å². The van der Waals surface area contributed by atoms with E-state index < -0.39 is 0 Å². The van der Waals surface area contributed by atoms with Crippen LogP contribution in [0.4, 0.5) is 0 Å². The predicted octanol–water partition coefficient (Wildman–Crippen LogP) is 1.03. The lowest BCUT2D eigenvalue weighted by molar-refractivity contribution is 0.0949. The predicted molar refractivity (Wildman–Crippen MR) is 57.8 cm³/mol. The molecule has 0 spiro atoms. The highest BCUT2D eigenvalue weighted by Gasteiger charge is 2.23. The standard InChI is InChI=1S/C10H14N2O2S/c13-8-2-1-7(3-8)4-12-10(14)9-5-11-6-15-9/h5-8,13H,1-4H2,(H,12,14). The van der Waals surface area contributed by atoms with Crippen molar-refractivity contribution in [3.63, 3.8) is 0 Å². The quantitative estimate of drug-likeness (QED) is 0.809. The van der Waals surface area contributed by atoms with Gasteiger partial charge in [-0.1, -0.05) is 0 Å². The maximum absolute atomic E-state index is 11.5. The number of thiazole rings is 1. The van der Waals surface area contributed by atoms with Crippen molar-refractivity contribution in [3.8, 4) is 0 Å². The largest absolute Gasteiger partial charge is 0.393 e. The smallest absolute Gasteiger partial charge is 0.263 e. The Morgan fingerprint density at radius 3 is 3.13 bits per heavy atom. The number of nitrogens with one attached hydrogen (secondary N) is 1. The Kier molecular flexibility index (Phi) is 3.33. The third-order valence-corrected chi connectivity index (χ3v) is 3.49. The molecule has 0 aliphatic heterocycles. The minimum absolute atomic E-state index is 0.0566. The second kappa shape index (κ2) is 4.72. The van der Waals surface area contributed by atoms with Crippen molar-refractivity contribution in [1.29, 1.82) is 0 Å². The van der Waals surface area contributed by atoms with Gasteiger partial charge in [-0.2, -0.15) is 0 Å². The van der Waals surface area contributed by atoms with Gasteiger partial charge in [-0.05, 0) is 25.2 Å². The summed E-state index contributed by atoms with van der Waals surface area (Å²) in [7, 11) is 0. The zero-order valence-electron chi connectivity index (χ0n) is 8.35. The molecule has 2 rings (SSSR count). The number of rotatable bonds is 3. The minimum atomic E-state index is -0.171. The second-order valence-corrected chi connectivity index (χ2v) is 4.79. The third kappa shape index (κ3) is 2.76. The highest BCUT2D eigenvalue weighted by Crippen LogP contribution is 2.24. The Morgan fingerprint density at radius 1 is 1.67 bits per heavy atom. The topological polar surface area (TPSA) is 62.2 Å². The zero-order chi connectivity index (χ0) is 10.7. The van der Waals surface area contributed by atoms with Crippen LogP contribution in [0.1, 0.15) is 28.9 Å². The molecule has 1 heterocycles. The van der Waals surface area contributed by atoms with Crippen molar-refractivity contribution in [2.75, 3.05) is 6.54 Å². The van der Waals surface area contributed by atoms with Gasteiger partial charge in [0.2, 0.25) is 0 Å². The Labute approximate surface area is 92.3 Å². The van der Waals surface area contributed by atoms with Crippen LogP contribution in [0, 0.1) is 5.92 Å². The van der Waals surface area contributed by atoms with Gasteiger partial charge in [-0.25, -0.2) is 0 Å². The first-order valence-electron chi connectivity index (χ1n) is 5.10. The van der Waals surface area contributed by atoms with Gasteiger partial charge in [0.05, 0.1) is 17.8 Å². The van der Waals surface area contributed by atoms with Crippen molar-refractivity contribution in [3.05, 3.63) is 16.6 Å². The number of carbonyl (C=O) groups excluding carboxylic acids is 1. The van der Waals surface area contributed by atoms with E-state index in [0.29, 0.717) is 17.3 Å². The fourth-order valence-electron chi connectivity index (χ4n) is 1.89. The molecule has 2 N–H and O–H groups in total. The summed E-state index contributed by atoms with van der Waals surface area (Å²) in [4.78, 5) is 16.0. The molecule has 2 atom stereocenters. The van der Waals surface area contributed by atoms with E-state index in [2.05, 4.69) is 10.3 Å². The van der Waals surface area contributed by atoms with E-state index in [0.717, 1.165) is 19.3 Å². The van der Waals surface area contributed by atoms with E-state index in [1.807, 2.05) is 0 Å². The lowest BCUT2D eigenvalue weighted by Gasteiger charge is -2.09. The third-order valence-electron chi connectivity index (χ3n) is 2.72. The second-order valence-electron chi connectivity index (χ2n) is 3.91. The van der Waals surface area contributed by atoms with E-state index in [1.54, 1.807) is 11.7 Å². The van der Waals surface area contributed by atoms with Crippen molar-refractivity contribution >= 4 is 17.2 Å². The summed E-state index contributed by atoms with van der Waals surface area (Å²) in [5, 5.41) is 12.2. The van der Waals surface area contributed by atoms with Gasteiger partial charge in [0.25, 0.3) is 5.91 Å². The number of nitrogens with zero attached hydrogens (tertiary/aromatic N) is 1. The van der Waals surface area contributed by atoms with Crippen molar-refractivity contribution in [2.24, 2.45) is 5.92 Å². The molecule has 2 unspecified atom stereocenters. The lowest BCUT2D eigenvalue weighted by atomic mass is 10.1. The molecule has 0 saturated heterocycles. The molecule has 82 valence electrons. The average molecular weight is 226 g/mol. The summed E-state index contributed by atoms with van der Waals surface area (Å²) in [6.45, 7) is 0.661. The fourth-order valence-corrected chi connectivity index (χ4v) is 2.42. The number of amides is 1. The van der Waals surface area contributed by atoms with E-state index >= 15 is 0 Å². The Balaban J connectivity index is 1.76. The van der Waals surface area contributed by atoms with Crippen LogP contribution >= 0.6 is 11.3 Å². The number of carbonyl (C=O) groups is 1. The Morgan fingerprint density at radius 2 is 2.53 bits per heavy atom. The van der Waals surface area contributed by atoms with Gasteiger partial charge >= 0.3 is 0 Å². The molecule has 15 heavy (non-hydrogen) atoms.